The molecule has 0 bridgehead atoms. The Morgan fingerprint density at radius 1 is 1.09 bits per heavy atom. The van der Waals surface area contributed by atoms with E-state index in [1.54, 1.807) is 6.07 Å². The third-order valence-electron chi connectivity index (χ3n) is 6.20. The summed E-state index contributed by atoms with van der Waals surface area (Å²) in [7, 11) is 0. The van der Waals surface area contributed by atoms with E-state index in [0.717, 1.165) is 12.8 Å². The molecule has 1 saturated carbocycles. The second kappa shape index (κ2) is 9.25. The van der Waals surface area contributed by atoms with Crippen molar-refractivity contribution in [2.75, 3.05) is 31.1 Å². The van der Waals surface area contributed by atoms with Gasteiger partial charge in [0.05, 0.1) is 11.2 Å². The van der Waals surface area contributed by atoms with E-state index < -0.39 is 29.4 Å². The van der Waals surface area contributed by atoms with E-state index in [1.807, 2.05) is 9.80 Å². The lowest BCUT2D eigenvalue weighted by Gasteiger charge is -2.36. The van der Waals surface area contributed by atoms with Crippen molar-refractivity contribution in [3.63, 3.8) is 0 Å². The lowest BCUT2D eigenvalue weighted by atomic mass is 10.1. The number of rotatable bonds is 6. The minimum Gasteiger partial charge on any atom is -0.365 e. The van der Waals surface area contributed by atoms with Crippen LogP contribution in [0.2, 0.25) is 0 Å². The molecule has 1 aliphatic carbocycles. The van der Waals surface area contributed by atoms with Gasteiger partial charge in [-0.25, -0.2) is 23.1 Å². The van der Waals surface area contributed by atoms with Crippen LogP contribution in [-0.2, 0) is 6.54 Å². The number of aromatic amines is 1. The van der Waals surface area contributed by atoms with Crippen LogP contribution in [0, 0.1) is 11.8 Å². The van der Waals surface area contributed by atoms with Gasteiger partial charge in [-0.1, -0.05) is 6.07 Å². The van der Waals surface area contributed by atoms with Gasteiger partial charge in [-0.05, 0) is 31.0 Å². The van der Waals surface area contributed by atoms with Crippen LogP contribution in [0.3, 0.4) is 0 Å². The summed E-state index contributed by atoms with van der Waals surface area (Å²) in [6, 6.07) is 6.05. The molecule has 3 aromatic rings. The van der Waals surface area contributed by atoms with Crippen LogP contribution >= 0.6 is 0 Å². The Hall–Kier alpha value is -3.54. The lowest BCUT2D eigenvalue weighted by Crippen LogP contribution is -2.46. The Bertz CT molecular complexity index is 1340. The van der Waals surface area contributed by atoms with Gasteiger partial charge < -0.3 is 15.2 Å². The van der Waals surface area contributed by atoms with Gasteiger partial charge >= 0.3 is 0 Å². The molecule has 0 atom stereocenters. The van der Waals surface area contributed by atoms with Crippen LogP contribution in [0.1, 0.15) is 41.0 Å². The first-order chi connectivity index (χ1) is 16.8. The summed E-state index contributed by atoms with van der Waals surface area (Å²) in [5.74, 6) is -1.82. The van der Waals surface area contributed by atoms with Crippen molar-refractivity contribution < 1.29 is 22.4 Å². The van der Waals surface area contributed by atoms with Crippen molar-refractivity contribution in [2.45, 2.75) is 31.9 Å². The topological polar surface area (TPSA) is 94.2 Å². The summed E-state index contributed by atoms with van der Waals surface area (Å²) in [5.41, 5.74) is -1.72. The number of pyridine rings is 1. The maximum absolute atomic E-state index is 15.0. The highest BCUT2D eigenvalue weighted by atomic mass is 19.3. The molecule has 12 heteroatoms. The summed E-state index contributed by atoms with van der Waals surface area (Å²) in [4.78, 5) is 37.2. The summed E-state index contributed by atoms with van der Waals surface area (Å²) >= 11 is 0. The summed E-state index contributed by atoms with van der Waals surface area (Å²) in [5, 5.41) is 2.78. The van der Waals surface area contributed by atoms with Gasteiger partial charge in [-0.2, -0.15) is 4.39 Å². The molecule has 184 valence electrons. The van der Waals surface area contributed by atoms with Crippen molar-refractivity contribution in [3.8, 4) is 0 Å². The SMILES string of the molecule is O=C(NC1CC1)c1ccc(N2CCN(Cc3ccc4nc(C(F)F)c(=O)[nH]c4c3F)CC2)c(F)n1. The predicted octanol–water partition coefficient (Wildman–Crippen LogP) is 2.75. The van der Waals surface area contributed by atoms with Crippen LogP contribution in [0.5, 0.6) is 0 Å². The highest BCUT2D eigenvalue weighted by Crippen LogP contribution is 2.24. The van der Waals surface area contributed by atoms with Gasteiger partial charge in [-0.15, -0.1) is 0 Å². The van der Waals surface area contributed by atoms with Crippen molar-refractivity contribution in [1.29, 1.82) is 0 Å². The van der Waals surface area contributed by atoms with Crippen LogP contribution < -0.4 is 15.8 Å². The molecule has 35 heavy (non-hydrogen) atoms. The maximum Gasteiger partial charge on any atom is 0.285 e. The number of benzene rings is 1. The first-order valence-electron chi connectivity index (χ1n) is 11.2. The Labute approximate surface area is 197 Å². The number of hydrogen-bond acceptors (Lipinski definition) is 6. The zero-order valence-corrected chi connectivity index (χ0v) is 18.5. The van der Waals surface area contributed by atoms with Crippen molar-refractivity contribution in [2.24, 2.45) is 0 Å². The second-order valence-corrected chi connectivity index (χ2v) is 8.70. The molecular weight excluding hydrogens is 468 g/mol. The van der Waals surface area contributed by atoms with Crippen molar-refractivity contribution in [1.82, 2.24) is 25.2 Å². The lowest BCUT2D eigenvalue weighted by molar-refractivity contribution is 0.0945. The van der Waals surface area contributed by atoms with E-state index in [0.29, 0.717) is 31.9 Å². The Kier molecular flexibility index (Phi) is 6.13. The molecule has 1 aliphatic heterocycles. The Morgan fingerprint density at radius 3 is 2.49 bits per heavy atom. The second-order valence-electron chi connectivity index (χ2n) is 8.70. The average Bonchev–Trinajstić information content (AvgIpc) is 3.65. The van der Waals surface area contributed by atoms with Crippen molar-refractivity contribution >= 4 is 22.6 Å². The van der Waals surface area contributed by atoms with E-state index in [4.69, 9.17) is 0 Å². The summed E-state index contributed by atoms with van der Waals surface area (Å²) < 4.78 is 55.4. The largest absolute Gasteiger partial charge is 0.365 e. The molecule has 3 heterocycles. The molecule has 8 nitrogen and oxygen atoms in total. The fourth-order valence-electron chi connectivity index (χ4n) is 4.11. The number of alkyl halides is 2. The molecule has 1 saturated heterocycles. The monoisotopic (exact) mass is 490 g/mol. The number of fused-ring (bicyclic) bond motifs is 1. The number of nitrogens with zero attached hydrogens (tertiary/aromatic N) is 4. The summed E-state index contributed by atoms with van der Waals surface area (Å²) in [6.07, 6.45) is -1.21. The van der Waals surface area contributed by atoms with E-state index in [-0.39, 0.29) is 40.8 Å². The van der Waals surface area contributed by atoms with Gasteiger partial charge in [0.2, 0.25) is 5.95 Å². The number of carbonyl (C=O) groups is 1. The molecule has 0 radical (unpaired) electrons. The zero-order chi connectivity index (χ0) is 24.7. The van der Waals surface area contributed by atoms with Crippen LogP contribution in [0.15, 0.2) is 29.1 Å². The van der Waals surface area contributed by atoms with Gasteiger partial charge in [-0.3, -0.25) is 14.5 Å². The molecule has 5 rings (SSSR count). The first-order valence-corrected chi connectivity index (χ1v) is 11.2. The molecule has 0 unspecified atom stereocenters. The number of amides is 1. The molecular formula is C23H22F4N6O2. The number of carbonyl (C=O) groups excluding carboxylic acids is 1. The molecule has 1 aromatic carbocycles. The normalized spacial score (nSPS) is 16.8. The number of nitrogens with one attached hydrogen (secondary N) is 2. The summed E-state index contributed by atoms with van der Waals surface area (Å²) in [6.45, 7) is 2.13. The minimum atomic E-state index is -3.06. The van der Waals surface area contributed by atoms with Gasteiger partial charge in [0.1, 0.15) is 11.2 Å². The van der Waals surface area contributed by atoms with E-state index in [2.05, 4.69) is 20.3 Å². The maximum atomic E-state index is 15.0. The molecule has 2 fully saturated rings. The van der Waals surface area contributed by atoms with Crippen LogP contribution in [0.4, 0.5) is 23.2 Å². The highest BCUT2D eigenvalue weighted by molar-refractivity contribution is 5.92. The molecule has 0 spiro atoms. The minimum absolute atomic E-state index is 0.0387. The number of aromatic nitrogens is 3. The standard InChI is InChI=1S/C23H22F4N6O2/c24-17-12(1-4-14-18(17)31-23(35)19(29-14)20(25)26)11-32-7-9-33(10-8-32)16-6-5-15(30-21(16)27)22(34)28-13-2-3-13/h1,4-6,13,20H,2-3,7-11H2,(H,28,34)(H,31,35). The molecule has 2 aliphatic rings. The van der Waals surface area contributed by atoms with E-state index >= 15 is 0 Å². The predicted molar refractivity (Wildman–Crippen MR) is 119 cm³/mol. The fraction of sp³-hybridized carbons (Fsp3) is 0.391. The number of anilines is 1. The fourth-order valence-corrected chi connectivity index (χ4v) is 4.11. The van der Waals surface area contributed by atoms with Gasteiger partial charge in [0.25, 0.3) is 17.9 Å². The molecule has 2 N–H and O–H groups in total. The first kappa shape index (κ1) is 23.2. The Morgan fingerprint density at radius 2 is 1.83 bits per heavy atom. The smallest absolute Gasteiger partial charge is 0.285 e. The van der Waals surface area contributed by atoms with E-state index in [9.17, 15) is 27.2 Å². The molecule has 1 amide bonds. The number of piperazine rings is 1. The third-order valence-corrected chi connectivity index (χ3v) is 6.20. The number of hydrogen-bond donors (Lipinski definition) is 2. The highest BCUT2D eigenvalue weighted by Gasteiger charge is 2.26. The number of H-pyrrole nitrogens is 1. The zero-order valence-electron chi connectivity index (χ0n) is 18.5. The van der Waals surface area contributed by atoms with Crippen molar-refractivity contribution in [3.05, 3.63) is 63.3 Å². The Balaban J connectivity index is 1.24. The average molecular weight is 490 g/mol. The molecule has 2 aromatic heterocycles. The van der Waals surface area contributed by atoms with Gasteiger partial charge in [0, 0.05) is 44.3 Å². The van der Waals surface area contributed by atoms with Gasteiger partial charge in [0.15, 0.2) is 11.5 Å². The third kappa shape index (κ3) is 4.83. The van der Waals surface area contributed by atoms with E-state index in [1.165, 1.54) is 18.2 Å². The number of halogens is 4. The van der Waals surface area contributed by atoms with Crippen LogP contribution in [0.25, 0.3) is 11.0 Å². The quantitative estimate of drug-likeness (QED) is 0.408. The van der Waals surface area contributed by atoms with Crippen LogP contribution in [-0.4, -0.2) is 58.0 Å².